The van der Waals surface area contributed by atoms with Gasteiger partial charge in [-0.25, -0.2) is 0 Å². The summed E-state index contributed by atoms with van der Waals surface area (Å²) >= 11 is 4.62. The van der Waals surface area contributed by atoms with Crippen molar-refractivity contribution in [3.8, 4) is 0 Å². The summed E-state index contributed by atoms with van der Waals surface area (Å²) in [5.74, 6) is 0.0890. The molecule has 0 radical (unpaired) electrons. The molecule has 1 unspecified atom stereocenters. The molecule has 0 aromatic heterocycles. The zero-order valence-electron chi connectivity index (χ0n) is 9.35. The van der Waals surface area contributed by atoms with Crippen LogP contribution in [0.4, 0.5) is 5.69 Å². The summed E-state index contributed by atoms with van der Waals surface area (Å²) in [5, 5.41) is 0.157. The molecule has 90 valence electrons. The van der Waals surface area contributed by atoms with Crippen molar-refractivity contribution < 1.29 is 9.59 Å². The average Bonchev–Trinajstić information content (AvgIpc) is 2.59. The van der Waals surface area contributed by atoms with Crippen molar-refractivity contribution >= 4 is 44.4 Å². The molecule has 0 bridgehead atoms. The Morgan fingerprint density at radius 2 is 2.06 bits per heavy atom. The number of thioether (sulfide) groups is 1. The molecule has 1 aliphatic rings. The molecule has 1 heterocycles. The number of nitrogens with zero attached hydrogens (tertiary/aromatic N) is 1. The normalized spacial score (nSPS) is 19.8. The minimum Gasteiger partial charge on any atom is -0.311 e. The molecule has 5 heteroatoms. The van der Waals surface area contributed by atoms with Gasteiger partial charge in [-0.05, 0) is 24.3 Å². The number of hydrogen-bond acceptors (Lipinski definition) is 3. The van der Waals surface area contributed by atoms with Gasteiger partial charge in [-0.15, -0.1) is 0 Å². The molecule has 2 rings (SSSR count). The summed E-state index contributed by atoms with van der Waals surface area (Å²) in [5.41, 5.74) is 0.893. The van der Waals surface area contributed by atoms with Gasteiger partial charge in [0.25, 0.3) is 0 Å². The first-order valence-electron chi connectivity index (χ1n) is 5.29. The third kappa shape index (κ3) is 3.10. The molecule has 1 saturated heterocycles. The van der Waals surface area contributed by atoms with Gasteiger partial charge in [0.05, 0.1) is 0 Å². The van der Waals surface area contributed by atoms with E-state index in [9.17, 15) is 9.59 Å². The van der Waals surface area contributed by atoms with Crippen molar-refractivity contribution in [2.45, 2.75) is 18.6 Å². The van der Waals surface area contributed by atoms with Crippen LogP contribution in [0.25, 0.3) is 0 Å². The molecule has 0 saturated carbocycles. The number of carbonyl (C=O) groups excluding carboxylic acids is 2. The van der Waals surface area contributed by atoms with Gasteiger partial charge in [0.2, 0.25) is 5.91 Å². The van der Waals surface area contributed by atoms with Crippen LogP contribution in [0.1, 0.15) is 13.3 Å². The molecule has 17 heavy (non-hydrogen) atoms. The van der Waals surface area contributed by atoms with Crippen LogP contribution >= 0.6 is 27.7 Å². The molecule has 1 fully saturated rings. The maximum absolute atomic E-state index is 11.8. The first-order valence-corrected chi connectivity index (χ1v) is 6.96. The van der Waals surface area contributed by atoms with E-state index in [4.69, 9.17) is 0 Å². The Balaban J connectivity index is 2.10. The van der Waals surface area contributed by atoms with Crippen molar-refractivity contribution in [1.82, 2.24) is 0 Å². The fourth-order valence-corrected chi connectivity index (χ4v) is 3.04. The topological polar surface area (TPSA) is 37.4 Å². The lowest BCUT2D eigenvalue weighted by Crippen LogP contribution is -2.24. The van der Waals surface area contributed by atoms with Crippen LogP contribution < -0.4 is 4.90 Å². The summed E-state index contributed by atoms with van der Waals surface area (Å²) in [7, 11) is 0. The third-order valence-electron chi connectivity index (χ3n) is 2.56. The van der Waals surface area contributed by atoms with Crippen molar-refractivity contribution in [2.75, 3.05) is 11.4 Å². The number of carbonyl (C=O) groups is 2. The SMILES string of the molecule is CC(=O)SC1CC(=O)N(c2ccc(Br)cc2)C1. The van der Waals surface area contributed by atoms with E-state index in [1.807, 2.05) is 24.3 Å². The van der Waals surface area contributed by atoms with Crippen molar-refractivity contribution in [3.05, 3.63) is 28.7 Å². The molecule has 0 aliphatic carbocycles. The predicted molar refractivity (Wildman–Crippen MR) is 73.2 cm³/mol. The maximum Gasteiger partial charge on any atom is 0.228 e. The number of hydrogen-bond donors (Lipinski definition) is 0. The Kier molecular flexibility index (Phi) is 3.89. The lowest BCUT2D eigenvalue weighted by Gasteiger charge is -2.16. The zero-order chi connectivity index (χ0) is 12.4. The van der Waals surface area contributed by atoms with E-state index in [1.165, 1.54) is 18.7 Å². The van der Waals surface area contributed by atoms with Crippen LogP contribution in [0.3, 0.4) is 0 Å². The van der Waals surface area contributed by atoms with E-state index < -0.39 is 0 Å². The summed E-state index contributed by atoms with van der Waals surface area (Å²) in [4.78, 5) is 24.6. The Morgan fingerprint density at radius 3 is 2.65 bits per heavy atom. The van der Waals surface area contributed by atoms with Crippen molar-refractivity contribution in [1.29, 1.82) is 0 Å². The Labute approximate surface area is 113 Å². The van der Waals surface area contributed by atoms with Gasteiger partial charge in [0.15, 0.2) is 5.12 Å². The fourth-order valence-electron chi connectivity index (χ4n) is 1.86. The minimum atomic E-state index is 0.0699. The summed E-state index contributed by atoms with van der Waals surface area (Å²) < 4.78 is 0.988. The second-order valence-corrected chi connectivity index (χ2v) is 6.31. The van der Waals surface area contributed by atoms with E-state index in [1.54, 1.807) is 4.90 Å². The number of rotatable bonds is 2. The Hall–Kier alpha value is -0.810. The average molecular weight is 314 g/mol. The van der Waals surface area contributed by atoms with Crippen LogP contribution in [0, 0.1) is 0 Å². The highest BCUT2D eigenvalue weighted by molar-refractivity contribution is 9.10. The van der Waals surface area contributed by atoms with Crippen LogP contribution in [0.2, 0.25) is 0 Å². The quantitative estimate of drug-likeness (QED) is 0.842. The molecular weight excluding hydrogens is 302 g/mol. The standard InChI is InChI=1S/C12H12BrNO2S/c1-8(15)17-11-6-12(16)14(7-11)10-4-2-9(13)3-5-10/h2-5,11H,6-7H2,1H3. The largest absolute Gasteiger partial charge is 0.311 e. The van der Waals surface area contributed by atoms with Gasteiger partial charge in [-0.1, -0.05) is 27.7 Å². The van der Waals surface area contributed by atoms with E-state index in [0.717, 1.165) is 10.2 Å². The van der Waals surface area contributed by atoms with E-state index in [-0.39, 0.29) is 16.3 Å². The Morgan fingerprint density at radius 1 is 1.41 bits per heavy atom. The highest BCUT2D eigenvalue weighted by Crippen LogP contribution is 2.29. The number of amides is 1. The fraction of sp³-hybridized carbons (Fsp3) is 0.333. The van der Waals surface area contributed by atoms with E-state index in [0.29, 0.717) is 13.0 Å². The molecule has 1 atom stereocenters. The van der Waals surface area contributed by atoms with Gasteiger partial charge in [-0.2, -0.15) is 0 Å². The second kappa shape index (κ2) is 5.23. The first-order chi connectivity index (χ1) is 8.06. The van der Waals surface area contributed by atoms with Crippen LogP contribution in [-0.4, -0.2) is 22.8 Å². The highest BCUT2D eigenvalue weighted by atomic mass is 79.9. The smallest absolute Gasteiger partial charge is 0.228 e. The van der Waals surface area contributed by atoms with Crippen LogP contribution in [0.15, 0.2) is 28.7 Å². The second-order valence-electron chi connectivity index (χ2n) is 3.92. The highest BCUT2D eigenvalue weighted by Gasteiger charge is 2.31. The first kappa shape index (κ1) is 12.6. The van der Waals surface area contributed by atoms with Gasteiger partial charge in [0.1, 0.15) is 0 Å². The third-order valence-corrected chi connectivity index (χ3v) is 4.07. The van der Waals surface area contributed by atoms with Crippen LogP contribution in [0.5, 0.6) is 0 Å². The molecule has 1 aromatic carbocycles. The monoisotopic (exact) mass is 313 g/mol. The molecule has 3 nitrogen and oxygen atoms in total. The van der Waals surface area contributed by atoms with E-state index in [2.05, 4.69) is 15.9 Å². The van der Waals surface area contributed by atoms with Crippen molar-refractivity contribution in [2.24, 2.45) is 0 Å². The number of benzene rings is 1. The van der Waals surface area contributed by atoms with Gasteiger partial charge < -0.3 is 4.90 Å². The summed E-state index contributed by atoms with van der Waals surface area (Å²) in [6.07, 6.45) is 0.445. The molecular formula is C12H12BrNO2S. The summed E-state index contributed by atoms with van der Waals surface area (Å²) in [6, 6.07) is 7.63. The predicted octanol–water partition coefficient (Wildman–Crippen LogP) is 2.83. The van der Waals surface area contributed by atoms with E-state index >= 15 is 0 Å². The zero-order valence-corrected chi connectivity index (χ0v) is 11.8. The van der Waals surface area contributed by atoms with Gasteiger partial charge in [0, 0.05) is 35.3 Å². The molecule has 1 aliphatic heterocycles. The minimum absolute atomic E-state index is 0.0699. The number of halogens is 1. The van der Waals surface area contributed by atoms with Crippen molar-refractivity contribution in [3.63, 3.8) is 0 Å². The van der Waals surface area contributed by atoms with Crippen LogP contribution in [-0.2, 0) is 9.59 Å². The number of anilines is 1. The lowest BCUT2D eigenvalue weighted by atomic mass is 10.3. The molecule has 0 spiro atoms. The Bertz CT molecular complexity index is 446. The lowest BCUT2D eigenvalue weighted by molar-refractivity contribution is -0.117. The van der Waals surface area contributed by atoms with Gasteiger partial charge in [-0.3, -0.25) is 9.59 Å². The summed E-state index contributed by atoms with van der Waals surface area (Å²) in [6.45, 7) is 2.15. The maximum atomic E-state index is 11.8. The molecule has 1 aromatic rings. The van der Waals surface area contributed by atoms with Gasteiger partial charge >= 0.3 is 0 Å². The molecule has 0 N–H and O–H groups in total. The molecule has 1 amide bonds.